The molecule has 1 unspecified atom stereocenters. The Morgan fingerprint density at radius 2 is 1.25 bits per heavy atom. The van der Waals surface area contributed by atoms with E-state index in [2.05, 4.69) is 28.1 Å². The lowest BCUT2D eigenvalue weighted by Crippen LogP contribution is -2.38. The maximum atomic E-state index is 14.2. The quantitative estimate of drug-likeness (QED) is 0.0909. The smallest absolute Gasteiger partial charge is 0.408 e. The Labute approximate surface area is 308 Å². The number of carbonyl (C=O) groups is 3. The molecule has 1 aliphatic carbocycles. The molecule has 0 spiro atoms. The molecule has 4 N–H and O–H groups in total. The van der Waals surface area contributed by atoms with Crippen molar-refractivity contribution in [2.75, 3.05) is 18.5 Å². The van der Waals surface area contributed by atoms with Gasteiger partial charge in [-0.3, -0.25) is 9.59 Å². The Morgan fingerprint density at radius 1 is 0.660 bits per heavy atom. The van der Waals surface area contributed by atoms with Crippen LogP contribution in [0.15, 0.2) is 158 Å². The minimum atomic E-state index is -1.16. The number of ketones is 1. The summed E-state index contributed by atoms with van der Waals surface area (Å²) in [5.74, 6) is -1.04. The normalized spacial score (nSPS) is 12.9. The molecule has 8 nitrogen and oxygen atoms in total. The van der Waals surface area contributed by atoms with E-state index in [4.69, 9.17) is 4.74 Å². The summed E-state index contributed by atoms with van der Waals surface area (Å²) < 4.78 is 5.81. The number of alkyl carbamates (subject to hydrolysis) is 1. The maximum absolute atomic E-state index is 14.2. The van der Waals surface area contributed by atoms with Gasteiger partial charge in [0.2, 0.25) is 0 Å². The van der Waals surface area contributed by atoms with E-state index < -0.39 is 24.1 Å². The fourth-order valence-corrected chi connectivity index (χ4v) is 6.79. The van der Waals surface area contributed by atoms with Crippen molar-refractivity contribution in [1.82, 2.24) is 10.6 Å². The minimum absolute atomic E-state index is 0.0803. The molecular weight excluding hydrogens is 663 g/mol. The molecule has 0 bridgehead atoms. The number of rotatable bonds is 13. The SMILES string of the molecule is O=C(N[C@@H](C(=O)Nc1cc(C(O)CNCc2ccccc2)ccc1C(=O)c1ccccc1)c1ccccc1)OCC1c2ccccc2-c2ccccc21. The van der Waals surface area contributed by atoms with E-state index in [0.717, 1.165) is 27.8 Å². The summed E-state index contributed by atoms with van der Waals surface area (Å²) in [6.45, 7) is 0.882. The van der Waals surface area contributed by atoms with Crippen molar-refractivity contribution < 1.29 is 24.2 Å². The van der Waals surface area contributed by atoms with E-state index in [-0.39, 0.29) is 36.1 Å². The second-order valence-electron chi connectivity index (χ2n) is 12.9. The van der Waals surface area contributed by atoms with Crippen LogP contribution in [0.3, 0.4) is 0 Å². The Kier molecular flexibility index (Phi) is 10.8. The average Bonchev–Trinajstić information content (AvgIpc) is 3.53. The Hall–Kier alpha value is -6.35. The molecule has 53 heavy (non-hydrogen) atoms. The molecule has 8 heteroatoms. The number of aliphatic hydroxyl groups excluding tert-OH is 1. The predicted octanol–water partition coefficient (Wildman–Crippen LogP) is 7.96. The number of hydrogen-bond donors (Lipinski definition) is 4. The van der Waals surface area contributed by atoms with Gasteiger partial charge < -0.3 is 25.8 Å². The lowest BCUT2D eigenvalue weighted by atomic mass is 9.97. The van der Waals surface area contributed by atoms with Crippen LogP contribution >= 0.6 is 0 Å². The van der Waals surface area contributed by atoms with E-state index in [1.165, 1.54) is 0 Å². The second-order valence-corrected chi connectivity index (χ2v) is 12.9. The number of fused-ring (bicyclic) bond motifs is 3. The van der Waals surface area contributed by atoms with Gasteiger partial charge in [-0.25, -0.2) is 4.79 Å². The van der Waals surface area contributed by atoms with Crippen molar-refractivity contribution in [2.45, 2.75) is 24.6 Å². The van der Waals surface area contributed by atoms with Crippen LogP contribution in [0.2, 0.25) is 0 Å². The molecule has 6 aromatic carbocycles. The maximum Gasteiger partial charge on any atom is 0.408 e. The van der Waals surface area contributed by atoms with Crippen LogP contribution in [0.4, 0.5) is 10.5 Å². The van der Waals surface area contributed by atoms with Crippen LogP contribution in [-0.4, -0.2) is 36.0 Å². The highest BCUT2D eigenvalue weighted by molar-refractivity contribution is 6.14. The molecule has 0 saturated heterocycles. The average molecular weight is 702 g/mol. The molecule has 0 saturated carbocycles. The van der Waals surface area contributed by atoms with Crippen LogP contribution in [0.25, 0.3) is 11.1 Å². The molecule has 2 atom stereocenters. The Bertz CT molecular complexity index is 2160. The van der Waals surface area contributed by atoms with Crippen molar-refractivity contribution in [1.29, 1.82) is 0 Å². The molecule has 0 aliphatic heterocycles. The molecule has 6 aromatic rings. The standard InChI is InChI=1S/C45H39N3O5/c49-41(28-46-27-30-14-4-1-5-15-30)33-24-25-38(43(50)32-18-8-3-9-19-32)40(26-33)47-44(51)42(31-16-6-2-7-17-31)48-45(52)53-29-39-36-22-12-10-20-34(36)35-21-11-13-23-37(35)39/h1-26,39,41-42,46,49H,27-29H2,(H,47,51)(H,48,52)/t41?,42-/m1/s1. The topological polar surface area (TPSA) is 117 Å². The summed E-state index contributed by atoms with van der Waals surface area (Å²) >= 11 is 0. The first-order valence-electron chi connectivity index (χ1n) is 17.6. The van der Waals surface area contributed by atoms with Crippen LogP contribution in [-0.2, 0) is 16.1 Å². The lowest BCUT2D eigenvalue weighted by molar-refractivity contribution is -0.118. The van der Waals surface area contributed by atoms with E-state index in [0.29, 0.717) is 23.2 Å². The van der Waals surface area contributed by atoms with Gasteiger partial charge in [-0.2, -0.15) is 0 Å². The third-order valence-corrected chi connectivity index (χ3v) is 9.48. The summed E-state index contributed by atoms with van der Waals surface area (Å²) in [7, 11) is 0. The fraction of sp³-hybridized carbons (Fsp3) is 0.133. The van der Waals surface area contributed by atoms with Crippen molar-refractivity contribution in [3.05, 3.63) is 197 Å². The minimum Gasteiger partial charge on any atom is -0.449 e. The zero-order valence-corrected chi connectivity index (χ0v) is 28.9. The van der Waals surface area contributed by atoms with Crippen molar-refractivity contribution >= 4 is 23.5 Å². The lowest BCUT2D eigenvalue weighted by Gasteiger charge is -2.22. The second kappa shape index (κ2) is 16.3. The number of aliphatic hydroxyl groups is 1. The predicted molar refractivity (Wildman–Crippen MR) is 205 cm³/mol. The number of amides is 2. The summed E-state index contributed by atoms with van der Waals surface area (Å²) in [6.07, 6.45) is -1.69. The van der Waals surface area contributed by atoms with E-state index in [9.17, 15) is 19.5 Å². The molecule has 0 radical (unpaired) electrons. The zero-order chi connectivity index (χ0) is 36.6. The van der Waals surface area contributed by atoms with Gasteiger partial charge in [0.1, 0.15) is 12.6 Å². The largest absolute Gasteiger partial charge is 0.449 e. The van der Waals surface area contributed by atoms with Gasteiger partial charge in [-0.15, -0.1) is 0 Å². The fourth-order valence-electron chi connectivity index (χ4n) is 6.79. The number of carbonyl (C=O) groups excluding carboxylic acids is 3. The van der Waals surface area contributed by atoms with Crippen molar-refractivity contribution in [3.63, 3.8) is 0 Å². The van der Waals surface area contributed by atoms with Crippen molar-refractivity contribution in [2.24, 2.45) is 0 Å². The molecule has 264 valence electrons. The Morgan fingerprint density at radius 3 is 1.91 bits per heavy atom. The molecule has 0 heterocycles. The monoisotopic (exact) mass is 701 g/mol. The highest BCUT2D eigenvalue weighted by Crippen LogP contribution is 2.44. The summed E-state index contributed by atoms with van der Waals surface area (Å²) in [5, 5.41) is 20.1. The third-order valence-electron chi connectivity index (χ3n) is 9.48. The van der Waals surface area contributed by atoms with Gasteiger partial charge in [-0.1, -0.05) is 146 Å². The van der Waals surface area contributed by atoms with Gasteiger partial charge in [0.15, 0.2) is 5.78 Å². The molecule has 2 amide bonds. The summed E-state index contributed by atoms with van der Waals surface area (Å²) in [5.41, 5.74) is 7.37. The number of anilines is 1. The Balaban J connectivity index is 1.11. The van der Waals surface area contributed by atoms with Crippen LogP contribution in [0.5, 0.6) is 0 Å². The highest BCUT2D eigenvalue weighted by atomic mass is 16.5. The van der Waals surface area contributed by atoms with Gasteiger partial charge in [0.05, 0.1) is 11.8 Å². The summed E-state index contributed by atoms with van der Waals surface area (Å²) in [4.78, 5) is 41.4. The van der Waals surface area contributed by atoms with E-state index in [1.54, 1.807) is 66.7 Å². The van der Waals surface area contributed by atoms with Crippen LogP contribution in [0, 0.1) is 0 Å². The molecule has 7 rings (SSSR count). The van der Waals surface area contributed by atoms with Gasteiger partial charge >= 0.3 is 6.09 Å². The number of benzene rings is 6. The van der Waals surface area contributed by atoms with Gasteiger partial charge in [0, 0.05) is 30.1 Å². The highest BCUT2D eigenvalue weighted by Gasteiger charge is 2.31. The van der Waals surface area contributed by atoms with Crippen molar-refractivity contribution in [3.8, 4) is 11.1 Å². The molecular formula is C45H39N3O5. The number of nitrogens with one attached hydrogen (secondary N) is 3. The zero-order valence-electron chi connectivity index (χ0n) is 28.9. The number of ether oxygens (including phenoxy) is 1. The summed E-state index contributed by atoms with van der Waals surface area (Å²) in [6, 6.07) is 47.4. The van der Waals surface area contributed by atoms with Gasteiger partial charge in [0.25, 0.3) is 5.91 Å². The molecule has 1 aliphatic rings. The van der Waals surface area contributed by atoms with E-state index in [1.807, 2.05) is 78.9 Å². The van der Waals surface area contributed by atoms with E-state index >= 15 is 0 Å². The van der Waals surface area contributed by atoms with Gasteiger partial charge in [-0.05, 0) is 51.1 Å². The first-order chi connectivity index (χ1) is 26.0. The first kappa shape index (κ1) is 35.1. The molecule has 0 fully saturated rings. The third kappa shape index (κ3) is 8.10. The molecule has 0 aromatic heterocycles. The first-order valence-corrected chi connectivity index (χ1v) is 17.6. The van der Waals surface area contributed by atoms with Crippen LogP contribution in [0.1, 0.15) is 61.8 Å². The number of hydrogen-bond acceptors (Lipinski definition) is 6. The van der Waals surface area contributed by atoms with Crippen LogP contribution < -0.4 is 16.0 Å².